The fourth-order valence-electron chi connectivity index (χ4n) is 1.59. The zero-order valence-corrected chi connectivity index (χ0v) is 12.6. The Kier molecular flexibility index (Phi) is 5.56. The maximum absolute atomic E-state index is 12.3. The molecule has 0 radical (unpaired) electrons. The molecule has 0 aliphatic heterocycles. The van der Waals surface area contributed by atoms with Gasteiger partial charge in [-0.2, -0.15) is 0 Å². The van der Waals surface area contributed by atoms with Gasteiger partial charge in [-0.05, 0) is 38.5 Å². The minimum absolute atomic E-state index is 0.00840. The molecule has 5 heteroatoms. The third-order valence-electron chi connectivity index (χ3n) is 2.70. The standard InChI is InChI=1S/C14H21ClF2N2/c1-14(2,3)18-8-10-5-6-11(7-12(10)15)19(4)9-13(16)17/h5-7,13,18H,8-9H2,1-4H3. The monoisotopic (exact) mass is 290 g/mol. The van der Waals surface area contributed by atoms with Gasteiger partial charge in [0, 0.05) is 29.8 Å². The molecule has 19 heavy (non-hydrogen) atoms. The van der Waals surface area contributed by atoms with Crippen LogP contribution in [-0.4, -0.2) is 25.6 Å². The van der Waals surface area contributed by atoms with E-state index in [4.69, 9.17) is 11.6 Å². The third kappa shape index (κ3) is 5.74. The maximum Gasteiger partial charge on any atom is 0.255 e. The number of hydrogen-bond acceptors (Lipinski definition) is 2. The van der Waals surface area contributed by atoms with Crippen LogP contribution in [0.2, 0.25) is 5.02 Å². The van der Waals surface area contributed by atoms with Gasteiger partial charge in [-0.25, -0.2) is 8.78 Å². The summed E-state index contributed by atoms with van der Waals surface area (Å²) in [6.07, 6.45) is -2.36. The molecule has 0 atom stereocenters. The molecule has 0 aliphatic rings. The van der Waals surface area contributed by atoms with Crippen molar-refractivity contribution in [1.82, 2.24) is 5.32 Å². The van der Waals surface area contributed by atoms with E-state index in [0.29, 0.717) is 17.3 Å². The van der Waals surface area contributed by atoms with Crippen LogP contribution in [0.3, 0.4) is 0 Å². The second-order valence-corrected chi connectivity index (χ2v) is 6.06. The highest BCUT2D eigenvalue weighted by molar-refractivity contribution is 6.31. The third-order valence-corrected chi connectivity index (χ3v) is 3.05. The predicted molar refractivity (Wildman–Crippen MR) is 77.3 cm³/mol. The van der Waals surface area contributed by atoms with Gasteiger partial charge in [0.2, 0.25) is 0 Å². The molecule has 0 bridgehead atoms. The van der Waals surface area contributed by atoms with Crippen molar-refractivity contribution in [2.24, 2.45) is 0 Å². The Hall–Kier alpha value is -0.870. The van der Waals surface area contributed by atoms with E-state index in [-0.39, 0.29) is 12.1 Å². The molecule has 0 fully saturated rings. The van der Waals surface area contributed by atoms with Crippen molar-refractivity contribution >= 4 is 17.3 Å². The molecule has 2 nitrogen and oxygen atoms in total. The molecule has 0 spiro atoms. The van der Waals surface area contributed by atoms with Crippen LogP contribution in [-0.2, 0) is 6.54 Å². The molecule has 1 aromatic rings. The Morgan fingerprint density at radius 3 is 2.42 bits per heavy atom. The average Bonchev–Trinajstić information content (AvgIpc) is 2.25. The fraction of sp³-hybridized carbons (Fsp3) is 0.571. The summed E-state index contributed by atoms with van der Waals surface area (Å²) in [7, 11) is 1.63. The lowest BCUT2D eigenvalue weighted by molar-refractivity contribution is 0.156. The number of anilines is 1. The maximum atomic E-state index is 12.3. The second kappa shape index (κ2) is 6.53. The van der Waals surface area contributed by atoms with Gasteiger partial charge in [0.15, 0.2) is 0 Å². The molecule has 1 rings (SSSR count). The summed E-state index contributed by atoms with van der Waals surface area (Å²) in [4.78, 5) is 1.50. The molecule has 0 heterocycles. The van der Waals surface area contributed by atoms with E-state index in [1.807, 2.05) is 12.1 Å². The van der Waals surface area contributed by atoms with Gasteiger partial charge in [-0.15, -0.1) is 0 Å². The summed E-state index contributed by atoms with van der Waals surface area (Å²) in [6, 6.07) is 5.41. The fourth-order valence-corrected chi connectivity index (χ4v) is 1.83. The van der Waals surface area contributed by atoms with Crippen molar-refractivity contribution in [2.75, 3.05) is 18.5 Å². The second-order valence-electron chi connectivity index (χ2n) is 5.65. The first kappa shape index (κ1) is 16.2. The van der Waals surface area contributed by atoms with E-state index >= 15 is 0 Å². The number of rotatable bonds is 5. The minimum atomic E-state index is -2.36. The molecule has 0 saturated heterocycles. The molecular formula is C14H21ClF2N2. The average molecular weight is 291 g/mol. The molecular weight excluding hydrogens is 270 g/mol. The van der Waals surface area contributed by atoms with Crippen LogP contribution in [0, 0.1) is 0 Å². The Labute approximate surface area is 118 Å². The van der Waals surface area contributed by atoms with Gasteiger partial charge in [-0.1, -0.05) is 17.7 Å². The number of benzene rings is 1. The van der Waals surface area contributed by atoms with Crippen molar-refractivity contribution in [3.63, 3.8) is 0 Å². The molecule has 1 N–H and O–H groups in total. The summed E-state index contributed by atoms with van der Waals surface area (Å²) < 4.78 is 24.6. The highest BCUT2D eigenvalue weighted by Gasteiger charge is 2.12. The number of halogens is 3. The Morgan fingerprint density at radius 1 is 1.32 bits per heavy atom. The van der Waals surface area contributed by atoms with Crippen molar-refractivity contribution in [2.45, 2.75) is 39.3 Å². The zero-order chi connectivity index (χ0) is 14.6. The topological polar surface area (TPSA) is 15.3 Å². The van der Waals surface area contributed by atoms with Crippen LogP contribution < -0.4 is 10.2 Å². The summed E-state index contributed by atoms with van der Waals surface area (Å²) in [6.45, 7) is 6.58. The molecule has 0 unspecified atom stereocenters. The highest BCUT2D eigenvalue weighted by atomic mass is 35.5. The van der Waals surface area contributed by atoms with Crippen LogP contribution in [0.5, 0.6) is 0 Å². The van der Waals surface area contributed by atoms with Gasteiger partial charge in [0.1, 0.15) is 0 Å². The lowest BCUT2D eigenvalue weighted by Crippen LogP contribution is -2.35. The van der Waals surface area contributed by atoms with E-state index in [1.165, 1.54) is 4.90 Å². The van der Waals surface area contributed by atoms with Crippen LogP contribution in [0.1, 0.15) is 26.3 Å². The van der Waals surface area contributed by atoms with Gasteiger partial charge >= 0.3 is 0 Å². The lowest BCUT2D eigenvalue weighted by Gasteiger charge is -2.22. The van der Waals surface area contributed by atoms with E-state index in [2.05, 4.69) is 26.1 Å². The molecule has 108 valence electrons. The minimum Gasteiger partial charge on any atom is -0.369 e. The largest absolute Gasteiger partial charge is 0.369 e. The first-order chi connectivity index (χ1) is 8.69. The summed E-state index contributed by atoms with van der Waals surface area (Å²) in [5, 5.41) is 3.93. The highest BCUT2D eigenvalue weighted by Crippen LogP contribution is 2.24. The SMILES string of the molecule is CN(CC(F)F)c1ccc(CNC(C)(C)C)c(Cl)c1. The summed E-state index contributed by atoms with van der Waals surface area (Å²) in [5.74, 6) is 0. The van der Waals surface area contributed by atoms with Gasteiger partial charge in [-0.3, -0.25) is 0 Å². The van der Waals surface area contributed by atoms with Crippen molar-refractivity contribution in [1.29, 1.82) is 0 Å². The molecule has 1 aromatic carbocycles. The molecule has 0 aliphatic carbocycles. The summed E-state index contributed by atoms with van der Waals surface area (Å²) >= 11 is 6.18. The van der Waals surface area contributed by atoms with Crippen LogP contribution >= 0.6 is 11.6 Å². The number of nitrogens with one attached hydrogen (secondary N) is 1. The first-order valence-electron chi connectivity index (χ1n) is 6.22. The van der Waals surface area contributed by atoms with Crippen molar-refractivity contribution in [3.8, 4) is 0 Å². The van der Waals surface area contributed by atoms with E-state index in [9.17, 15) is 8.78 Å². The van der Waals surface area contributed by atoms with Gasteiger partial charge in [0.25, 0.3) is 6.43 Å². The quantitative estimate of drug-likeness (QED) is 0.884. The van der Waals surface area contributed by atoms with E-state index in [0.717, 1.165) is 5.56 Å². The number of hydrogen-bond donors (Lipinski definition) is 1. The lowest BCUT2D eigenvalue weighted by atomic mass is 10.1. The Morgan fingerprint density at radius 2 is 1.95 bits per heavy atom. The Bertz CT molecular complexity index is 416. The van der Waals surface area contributed by atoms with E-state index < -0.39 is 6.43 Å². The van der Waals surface area contributed by atoms with Gasteiger partial charge in [0.05, 0.1) is 6.54 Å². The predicted octanol–water partition coefficient (Wildman–Crippen LogP) is 3.93. The molecule has 0 amide bonds. The normalized spacial score (nSPS) is 12.0. The molecule has 0 aromatic heterocycles. The number of nitrogens with zero attached hydrogens (tertiary/aromatic N) is 1. The molecule has 0 saturated carbocycles. The van der Waals surface area contributed by atoms with E-state index in [1.54, 1.807) is 13.1 Å². The summed E-state index contributed by atoms with van der Waals surface area (Å²) in [5.41, 5.74) is 1.67. The van der Waals surface area contributed by atoms with Crippen molar-refractivity contribution in [3.05, 3.63) is 28.8 Å². The van der Waals surface area contributed by atoms with Crippen LogP contribution in [0.25, 0.3) is 0 Å². The number of alkyl halides is 2. The van der Waals surface area contributed by atoms with Crippen molar-refractivity contribution < 1.29 is 8.78 Å². The smallest absolute Gasteiger partial charge is 0.255 e. The van der Waals surface area contributed by atoms with Crippen LogP contribution in [0.4, 0.5) is 14.5 Å². The first-order valence-corrected chi connectivity index (χ1v) is 6.59. The van der Waals surface area contributed by atoms with Gasteiger partial charge < -0.3 is 10.2 Å². The Balaban J connectivity index is 2.74. The zero-order valence-electron chi connectivity index (χ0n) is 11.8. The van der Waals surface area contributed by atoms with Crippen LogP contribution in [0.15, 0.2) is 18.2 Å².